The van der Waals surface area contributed by atoms with Crippen LogP contribution < -0.4 is 5.32 Å². The molecule has 0 fully saturated rings. The van der Waals surface area contributed by atoms with Crippen molar-refractivity contribution in [3.63, 3.8) is 0 Å². The fraction of sp³-hybridized carbons (Fsp3) is 0.316. The lowest BCUT2D eigenvalue weighted by Crippen LogP contribution is -2.30. The maximum Gasteiger partial charge on any atom is 0.269 e. The van der Waals surface area contributed by atoms with E-state index in [1.165, 1.54) is 38.4 Å². The molecule has 0 spiro atoms. The number of benzene rings is 2. The Morgan fingerprint density at radius 3 is 2.43 bits per heavy atom. The first kappa shape index (κ1) is 23.7. The fourth-order valence-corrected chi connectivity index (χ4v) is 4.06. The minimum absolute atomic E-state index is 0.0251. The molecule has 2 rings (SSSR count). The molecule has 0 radical (unpaired) electrons. The summed E-state index contributed by atoms with van der Waals surface area (Å²) in [7, 11) is 0.906. The Bertz CT molecular complexity index is 1070. The summed E-state index contributed by atoms with van der Waals surface area (Å²) in [6.07, 6.45) is 0. The van der Waals surface area contributed by atoms with Crippen molar-refractivity contribution in [2.75, 3.05) is 33.0 Å². The van der Waals surface area contributed by atoms with E-state index in [9.17, 15) is 23.3 Å². The zero-order valence-corrected chi connectivity index (χ0v) is 18.6. The summed E-state index contributed by atoms with van der Waals surface area (Å²) in [5.74, 6) is -0.365. The highest BCUT2D eigenvalue weighted by Gasteiger charge is 2.20. The van der Waals surface area contributed by atoms with Gasteiger partial charge in [-0.15, -0.1) is 0 Å². The number of likely N-dealkylation sites (N-methyl/N-ethyl adjacent to an activating group) is 1. The van der Waals surface area contributed by atoms with Crippen LogP contribution in [0.2, 0.25) is 5.02 Å². The summed E-state index contributed by atoms with van der Waals surface area (Å²) >= 11 is 6.10. The second kappa shape index (κ2) is 9.52. The highest BCUT2D eigenvalue weighted by atomic mass is 35.5. The molecular formula is C19H23ClN4O5S. The number of carbonyl (C=O) groups excluding carboxylic acids is 1. The Morgan fingerprint density at radius 1 is 1.17 bits per heavy atom. The highest BCUT2D eigenvalue weighted by Crippen LogP contribution is 2.24. The minimum Gasteiger partial charge on any atom is -0.325 e. The van der Waals surface area contributed by atoms with Crippen LogP contribution >= 0.6 is 11.6 Å². The third kappa shape index (κ3) is 5.76. The molecule has 0 aliphatic rings. The van der Waals surface area contributed by atoms with Crippen LogP contribution in [0.4, 0.5) is 11.4 Å². The number of non-ortho nitro benzene ring substituents is 1. The van der Waals surface area contributed by atoms with Gasteiger partial charge in [-0.1, -0.05) is 17.7 Å². The molecule has 11 heteroatoms. The van der Waals surface area contributed by atoms with E-state index in [4.69, 9.17) is 11.6 Å². The van der Waals surface area contributed by atoms with Gasteiger partial charge >= 0.3 is 0 Å². The van der Waals surface area contributed by atoms with Crippen molar-refractivity contribution >= 4 is 38.9 Å². The number of nitrogens with one attached hydrogen (secondary N) is 1. The number of carbonyl (C=O) groups is 1. The van der Waals surface area contributed by atoms with Crippen molar-refractivity contribution < 1.29 is 18.1 Å². The highest BCUT2D eigenvalue weighted by molar-refractivity contribution is 7.89. The molecule has 9 nitrogen and oxygen atoms in total. The van der Waals surface area contributed by atoms with Crippen LogP contribution in [-0.4, -0.2) is 56.1 Å². The zero-order valence-electron chi connectivity index (χ0n) is 17.0. The first-order valence-corrected chi connectivity index (χ1v) is 10.7. The van der Waals surface area contributed by atoms with Crippen LogP contribution in [0.3, 0.4) is 0 Å². The summed E-state index contributed by atoms with van der Waals surface area (Å²) in [4.78, 5) is 24.6. The SMILES string of the molecule is Cc1ccc(NC(=O)CN(C)Cc2cc([N+](=O)[O-])ccc2Cl)cc1S(=O)(=O)N(C)C. The standard InChI is InChI=1S/C19H23ClN4O5S/c1-13-5-6-15(10-18(13)30(28,29)22(2)3)21-19(25)12-23(4)11-14-9-16(24(26)27)7-8-17(14)20/h5-10H,11-12H2,1-4H3,(H,21,25). The molecule has 1 N–H and O–H groups in total. The van der Waals surface area contributed by atoms with E-state index in [-0.39, 0.29) is 29.6 Å². The summed E-state index contributed by atoms with van der Waals surface area (Å²) in [6.45, 7) is 1.88. The smallest absolute Gasteiger partial charge is 0.269 e. The zero-order chi connectivity index (χ0) is 22.6. The molecule has 2 aromatic rings. The largest absolute Gasteiger partial charge is 0.325 e. The summed E-state index contributed by atoms with van der Waals surface area (Å²) in [5.41, 5.74) is 1.37. The van der Waals surface area contributed by atoms with E-state index in [1.807, 2.05) is 0 Å². The van der Waals surface area contributed by atoms with Gasteiger partial charge in [0.15, 0.2) is 0 Å². The second-order valence-corrected chi connectivity index (χ2v) is 9.55. The first-order valence-electron chi connectivity index (χ1n) is 8.86. The van der Waals surface area contributed by atoms with Gasteiger partial charge in [0.2, 0.25) is 15.9 Å². The number of aryl methyl sites for hydroxylation is 1. The van der Waals surface area contributed by atoms with Gasteiger partial charge in [-0.3, -0.25) is 19.8 Å². The third-order valence-corrected chi connectivity index (χ3v) is 6.65. The van der Waals surface area contributed by atoms with Crippen molar-refractivity contribution in [1.29, 1.82) is 0 Å². The van der Waals surface area contributed by atoms with Gasteiger partial charge in [-0.25, -0.2) is 12.7 Å². The van der Waals surface area contributed by atoms with Crippen molar-refractivity contribution in [2.24, 2.45) is 0 Å². The average Bonchev–Trinajstić information content (AvgIpc) is 2.64. The number of nitro groups is 1. The Morgan fingerprint density at radius 2 is 1.83 bits per heavy atom. The van der Waals surface area contributed by atoms with Gasteiger partial charge < -0.3 is 5.32 Å². The predicted octanol–water partition coefficient (Wildman–Crippen LogP) is 2.88. The van der Waals surface area contributed by atoms with Crippen molar-refractivity contribution in [3.8, 4) is 0 Å². The summed E-state index contributed by atoms with van der Waals surface area (Å²) < 4.78 is 26.0. The number of amides is 1. The topological polar surface area (TPSA) is 113 Å². The van der Waals surface area contributed by atoms with E-state index < -0.39 is 14.9 Å². The molecule has 0 unspecified atom stereocenters. The van der Waals surface area contributed by atoms with Gasteiger partial charge in [-0.05, 0) is 43.3 Å². The van der Waals surface area contributed by atoms with E-state index in [0.29, 0.717) is 21.8 Å². The molecule has 30 heavy (non-hydrogen) atoms. The van der Waals surface area contributed by atoms with Crippen LogP contribution in [0.15, 0.2) is 41.3 Å². The molecule has 2 aromatic carbocycles. The van der Waals surface area contributed by atoms with Crippen LogP contribution in [0, 0.1) is 17.0 Å². The van der Waals surface area contributed by atoms with Crippen LogP contribution in [0.1, 0.15) is 11.1 Å². The van der Waals surface area contributed by atoms with E-state index in [2.05, 4.69) is 5.32 Å². The molecule has 0 bridgehead atoms. The number of nitro benzene ring substituents is 1. The summed E-state index contributed by atoms with van der Waals surface area (Å²) in [5, 5.41) is 14.0. The number of anilines is 1. The number of hydrogen-bond donors (Lipinski definition) is 1. The number of nitrogens with zero attached hydrogens (tertiary/aromatic N) is 3. The number of rotatable bonds is 8. The Hall–Kier alpha value is -2.53. The normalized spacial score (nSPS) is 11.7. The average molecular weight is 455 g/mol. The maximum atomic E-state index is 12.4. The molecule has 1 amide bonds. The van der Waals surface area contributed by atoms with Gasteiger partial charge in [0.25, 0.3) is 5.69 Å². The van der Waals surface area contributed by atoms with E-state index in [1.54, 1.807) is 31.0 Å². The van der Waals surface area contributed by atoms with Crippen LogP contribution in [0.5, 0.6) is 0 Å². The number of hydrogen-bond acceptors (Lipinski definition) is 6. The quantitative estimate of drug-likeness (QED) is 0.484. The lowest BCUT2D eigenvalue weighted by atomic mass is 10.2. The lowest BCUT2D eigenvalue weighted by molar-refractivity contribution is -0.384. The van der Waals surface area contributed by atoms with Crippen molar-refractivity contribution in [1.82, 2.24) is 9.21 Å². The Balaban J connectivity index is 2.09. The van der Waals surface area contributed by atoms with Crippen LogP contribution in [0.25, 0.3) is 0 Å². The Kier molecular flexibility index (Phi) is 7.54. The molecule has 0 heterocycles. The van der Waals surface area contributed by atoms with E-state index >= 15 is 0 Å². The van der Waals surface area contributed by atoms with E-state index in [0.717, 1.165) is 4.31 Å². The molecule has 0 atom stereocenters. The van der Waals surface area contributed by atoms with Crippen molar-refractivity contribution in [3.05, 3.63) is 62.7 Å². The molecule has 0 saturated carbocycles. The van der Waals surface area contributed by atoms with Gasteiger partial charge in [0, 0.05) is 43.5 Å². The maximum absolute atomic E-state index is 12.4. The molecule has 0 saturated heterocycles. The molecular weight excluding hydrogens is 432 g/mol. The van der Waals surface area contributed by atoms with Crippen LogP contribution in [-0.2, 0) is 21.4 Å². The fourth-order valence-electron chi connectivity index (χ4n) is 2.74. The summed E-state index contributed by atoms with van der Waals surface area (Å²) in [6, 6.07) is 8.80. The molecule has 0 aliphatic heterocycles. The monoisotopic (exact) mass is 454 g/mol. The second-order valence-electron chi connectivity index (χ2n) is 7.02. The van der Waals surface area contributed by atoms with Gasteiger partial charge in [0.1, 0.15) is 0 Å². The van der Waals surface area contributed by atoms with Crippen molar-refractivity contribution in [2.45, 2.75) is 18.4 Å². The predicted molar refractivity (Wildman–Crippen MR) is 115 cm³/mol. The molecule has 162 valence electrons. The first-order chi connectivity index (χ1) is 13.9. The third-order valence-electron chi connectivity index (χ3n) is 4.32. The van der Waals surface area contributed by atoms with Gasteiger partial charge in [-0.2, -0.15) is 0 Å². The molecule has 0 aliphatic carbocycles. The number of halogens is 1. The Labute approximate surface area is 180 Å². The minimum atomic E-state index is -3.64. The lowest BCUT2D eigenvalue weighted by Gasteiger charge is -2.18. The van der Waals surface area contributed by atoms with Gasteiger partial charge in [0.05, 0.1) is 16.4 Å². The number of sulfonamides is 1. The molecule has 0 aromatic heterocycles.